The molecular weight excluding hydrogens is 204 g/mol. The van der Waals surface area contributed by atoms with Gasteiger partial charge in [0.15, 0.2) is 5.78 Å². The van der Waals surface area contributed by atoms with Gasteiger partial charge in [0, 0.05) is 6.42 Å². The standard InChI is InChI=1S/C9H16O6/c1-2-3-5(11)7(13)9(15)8(14)6(12)4-10/h2,6-10,12-15H,1,3-4H2/t6-,7-,8-,9-/m1/s1. The molecule has 88 valence electrons. The Bertz CT molecular complexity index is 217. The van der Waals surface area contributed by atoms with Crippen molar-refractivity contribution in [3.8, 4) is 0 Å². The minimum atomic E-state index is -1.83. The van der Waals surface area contributed by atoms with Crippen LogP contribution < -0.4 is 0 Å². The summed E-state index contributed by atoms with van der Waals surface area (Å²) in [7, 11) is 0. The third-order valence-corrected chi connectivity index (χ3v) is 1.93. The monoisotopic (exact) mass is 220 g/mol. The van der Waals surface area contributed by atoms with Crippen LogP contribution in [0.2, 0.25) is 0 Å². The van der Waals surface area contributed by atoms with E-state index in [9.17, 15) is 20.1 Å². The topological polar surface area (TPSA) is 118 Å². The molecule has 0 radical (unpaired) electrons. The molecule has 0 amide bonds. The molecule has 0 fully saturated rings. The molecule has 0 saturated heterocycles. The van der Waals surface area contributed by atoms with Crippen LogP contribution in [-0.2, 0) is 4.79 Å². The molecule has 0 bridgehead atoms. The fourth-order valence-corrected chi connectivity index (χ4v) is 0.976. The van der Waals surface area contributed by atoms with Crippen LogP contribution in [0.1, 0.15) is 6.42 Å². The number of rotatable bonds is 7. The van der Waals surface area contributed by atoms with Gasteiger partial charge in [0.2, 0.25) is 0 Å². The first kappa shape index (κ1) is 14.2. The maximum atomic E-state index is 11.1. The fourth-order valence-electron chi connectivity index (χ4n) is 0.976. The number of ketones is 1. The summed E-state index contributed by atoms with van der Waals surface area (Å²) < 4.78 is 0. The molecule has 0 aromatic carbocycles. The van der Waals surface area contributed by atoms with Crippen molar-refractivity contribution in [1.29, 1.82) is 0 Å². The molecule has 0 aliphatic heterocycles. The molecule has 6 heteroatoms. The van der Waals surface area contributed by atoms with E-state index in [1.54, 1.807) is 0 Å². The van der Waals surface area contributed by atoms with Gasteiger partial charge >= 0.3 is 0 Å². The van der Waals surface area contributed by atoms with Gasteiger partial charge in [-0.3, -0.25) is 4.79 Å². The van der Waals surface area contributed by atoms with Crippen LogP contribution in [0.15, 0.2) is 12.7 Å². The van der Waals surface area contributed by atoms with Crippen LogP contribution >= 0.6 is 0 Å². The van der Waals surface area contributed by atoms with Gasteiger partial charge in [-0.25, -0.2) is 0 Å². The minimum Gasteiger partial charge on any atom is -0.394 e. The van der Waals surface area contributed by atoms with E-state index < -0.39 is 36.8 Å². The van der Waals surface area contributed by atoms with Gasteiger partial charge in [0.25, 0.3) is 0 Å². The SMILES string of the molecule is C=CCC(=O)[C@@H](O)[C@@H](O)[C@H](O)[C@H](O)CO. The predicted molar refractivity (Wildman–Crippen MR) is 50.9 cm³/mol. The minimum absolute atomic E-state index is 0.153. The summed E-state index contributed by atoms with van der Waals surface area (Å²) in [6.07, 6.45) is -5.93. The number of aliphatic hydroxyl groups is 5. The van der Waals surface area contributed by atoms with E-state index in [0.29, 0.717) is 0 Å². The van der Waals surface area contributed by atoms with E-state index >= 15 is 0 Å². The Hall–Kier alpha value is -0.790. The molecule has 0 aromatic heterocycles. The van der Waals surface area contributed by atoms with Gasteiger partial charge in [-0.05, 0) is 0 Å². The molecule has 0 aliphatic rings. The Morgan fingerprint density at radius 2 is 1.73 bits per heavy atom. The van der Waals surface area contributed by atoms with Crippen molar-refractivity contribution in [2.75, 3.05) is 6.61 Å². The van der Waals surface area contributed by atoms with Crippen molar-refractivity contribution in [3.63, 3.8) is 0 Å². The third-order valence-electron chi connectivity index (χ3n) is 1.93. The lowest BCUT2D eigenvalue weighted by molar-refractivity contribution is -0.146. The summed E-state index contributed by atoms with van der Waals surface area (Å²) in [6, 6.07) is 0. The van der Waals surface area contributed by atoms with Crippen LogP contribution in [0.3, 0.4) is 0 Å². The van der Waals surface area contributed by atoms with Gasteiger partial charge in [-0.15, -0.1) is 6.58 Å². The highest BCUT2D eigenvalue weighted by atomic mass is 16.4. The van der Waals surface area contributed by atoms with E-state index in [-0.39, 0.29) is 6.42 Å². The van der Waals surface area contributed by atoms with E-state index in [0.717, 1.165) is 0 Å². The second-order valence-corrected chi connectivity index (χ2v) is 3.14. The summed E-state index contributed by atoms with van der Waals surface area (Å²) in [5.41, 5.74) is 0. The molecule has 0 aliphatic carbocycles. The molecule has 15 heavy (non-hydrogen) atoms. The number of aliphatic hydroxyl groups excluding tert-OH is 5. The normalized spacial score (nSPS) is 19.0. The number of hydrogen-bond donors (Lipinski definition) is 5. The summed E-state index contributed by atoms with van der Waals surface area (Å²) in [5, 5.41) is 45.1. The highest BCUT2D eigenvalue weighted by molar-refractivity contribution is 5.84. The van der Waals surface area contributed by atoms with E-state index in [1.165, 1.54) is 6.08 Å². The summed E-state index contributed by atoms with van der Waals surface area (Å²) in [5.74, 6) is -0.721. The maximum absolute atomic E-state index is 11.1. The van der Waals surface area contributed by atoms with E-state index in [1.807, 2.05) is 0 Å². The number of Topliss-reactive ketones (excluding diaryl/α,β-unsaturated/α-hetero) is 1. The smallest absolute Gasteiger partial charge is 0.167 e. The van der Waals surface area contributed by atoms with Gasteiger partial charge in [0.05, 0.1) is 6.61 Å². The van der Waals surface area contributed by atoms with Crippen LogP contribution in [0.5, 0.6) is 0 Å². The van der Waals surface area contributed by atoms with Gasteiger partial charge in [-0.1, -0.05) is 6.08 Å². The second kappa shape index (κ2) is 6.65. The Labute approximate surface area is 87.1 Å². The quantitative estimate of drug-likeness (QED) is 0.304. The first-order valence-electron chi connectivity index (χ1n) is 4.42. The molecule has 0 rings (SSSR count). The van der Waals surface area contributed by atoms with Crippen LogP contribution in [0, 0.1) is 0 Å². The average Bonchev–Trinajstić information content (AvgIpc) is 2.25. The number of carbonyl (C=O) groups is 1. The first-order chi connectivity index (χ1) is 6.95. The molecular formula is C9H16O6. The molecule has 0 spiro atoms. The predicted octanol–water partition coefficient (Wildman–Crippen LogP) is -2.43. The Morgan fingerprint density at radius 1 is 1.20 bits per heavy atom. The second-order valence-electron chi connectivity index (χ2n) is 3.14. The third kappa shape index (κ3) is 4.06. The first-order valence-corrected chi connectivity index (χ1v) is 4.42. The highest BCUT2D eigenvalue weighted by Crippen LogP contribution is 2.07. The zero-order valence-electron chi connectivity index (χ0n) is 8.15. The average molecular weight is 220 g/mol. The van der Waals surface area contributed by atoms with Crippen LogP contribution in [-0.4, -0.2) is 62.3 Å². The maximum Gasteiger partial charge on any atom is 0.167 e. The highest BCUT2D eigenvalue weighted by Gasteiger charge is 2.33. The van der Waals surface area contributed by atoms with Gasteiger partial charge in [0.1, 0.15) is 24.4 Å². The zero-order chi connectivity index (χ0) is 12.0. The summed E-state index contributed by atoms with van der Waals surface area (Å²) >= 11 is 0. The Balaban J connectivity index is 4.35. The van der Waals surface area contributed by atoms with Crippen molar-refractivity contribution in [1.82, 2.24) is 0 Å². The van der Waals surface area contributed by atoms with Crippen LogP contribution in [0.25, 0.3) is 0 Å². The van der Waals surface area contributed by atoms with Crippen molar-refractivity contribution >= 4 is 5.78 Å². The zero-order valence-corrected chi connectivity index (χ0v) is 8.15. The lowest BCUT2D eigenvalue weighted by atomic mass is 9.99. The Kier molecular flexibility index (Phi) is 6.30. The molecule has 0 aromatic rings. The lowest BCUT2D eigenvalue weighted by Crippen LogP contribution is -2.48. The molecule has 0 unspecified atom stereocenters. The Morgan fingerprint density at radius 3 is 2.13 bits per heavy atom. The molecule has 0 saturated carbocycles. The van der Waals surface area contributed by atoms with E-state index in [2.05, 4.69) is 6.58 Å². The molecule has 5 N–H and O–H groups in total. The molecule has 0 heterocycles. The van der Waals surface area contributed by atoms with Gasteiger partial charge < -0.3 is 25.5 Å². The fraction of sp³-hybridized carbons (Fsp3) is 0.667. The van der Waals surface area contributed by atoms with Crippen molar-refractivity contribution in [3.05, 3.63) is 12.7 Å². The van der Waals surface area contributed by atoms with Crippen LogP contribution in [0.4, 0.5) is 0 Å². The van der Waals surface area contributed by atoms with Crippen molar-refractivity contribution in [2.24, 2.45) is 0 Å². The number of carbonyl (C=O) groups excluding carboxylic acids is 1. The van der Waals surface area contributed by atoms with E-state index in [4.69, 9.17) is 10.2 Å². The largest absolute Gasteiger partial charge is 0.394 e. The number of allylic oxidation sites excluding steroid dienone is 1. The van der Waals surface area contributed by atoms with Crippen molar-refractivity contribution in [2.45, 2.75) is 30.8 Å². The number of hydrogen-bond acceptors (Lipinski definition) is 6. The van der Waals surface area contributed by atoms with Gasteiger partial charge in [-0.2, -0.15) is 0 Å². The molecule has 4 atom stereocenters. The lowest BCUT2D eigenvalue weighted by Gasteiger charge is -2.24. The van der Waals surface area contributed by atoms with Crippen molar-refractivity contribution < 1.29 is 30.3 Å². The summed E-state index contributed by atoms with van der Waals surface area (Å²) in [6.45, 7) is 2.50. The molecule has 6 nitrogen and oxygen atoms in total. The summed E-state index contributed by atoms with van der Waals surface area (Å²) in [4.78, 5) is 11.1.